The van der Waals surface area contributed by atoms with Crippen LogP contribution in [0.5, 0.6) is 0 Å². The fourth-order valence-corrected chi connectivity index (χ4v) is 5.64. The zero-order valence-corrected chi connectivity index (χ0v) is 20.2. The number of urea groups is 1. The highest BCUT2D eigenvalue weighted by molar-refractivity contribution is 7.90. The summed E-state index contributed by atoms with van der Waals surface area (Å²) in [5.41, 5.74) is 6.53. The van der Waals surface area contributed by atoms with Gasteiger partial charge in [-0.25, -0.2) is 9.52 Å². The number of sulfonamides is 1. The number of aromatic nitrogens is 2. The first kappa shape index (κ1) is 22.8. The molecule has 0 radical (unpaired) electrons. The lowest BCUT2D eigenvalue weighted by Gasteiger charge is -2.16. The number of aryl methyl sites for hydroxylation is 2. The van der Waals surface area contributed by atoms with Crippen LogP contribution in [0.25, 0.3) is 0 Å². The first-order valence-corrected chi connectivity index (χ1v) is 12.9. The molecule has 0 fully saturated rings. The van der Waals surface area contributed by atoms with Crippen molar-refractivity contribution in [1.29, 1.82) is 0 Å². The smallest absolute Gasteiger partial charge is 0.308 e. The Morgan fingerprint density at radius 2 is 1.72 bits per heavy atom. The van der Waals surface area contributed by atoms with Gasteiger partial charge in [-0.15, -0.1) is 0 Å². The molecule has 174 valence electrons. The number of carbonyl (C=O) groups excluding carboxylic acids is 1. The van der Waals surface area contributed by atoms with Crippen LogP contribution in [-0.2, 0) is 42.3 Å². The van der Waals surface area contributed by atoms with E-state index < -0.39 is 16.1 Å². The number of hydrogen-bond donors (Lipinski definition) is 2. The Bertz CT molecular complexity index is 1100. The van der Waals surface area contributed by atoms with E-state index in [1.54, 1.807) is 10.7 Å². The van der Waals surface area contributed by atoms with Crippen molar-refractivity contribution < 1.29 is 13.2 Å². The van der Waals surface area contributed by atoms with Crippen molar-refractivity contribution in [3.05, 3.63) is 40.1 Å². The van der Waals surface area contributed by atoms with Crippen LogP contribution in [0.15, 0.2) is 17.2 Å². The number of nitrogens with one attached hydrogen (secondary N) is 2. The van der Waals surface area contributed by atoms with Crippen LogP contribution in [0.3, 0.4) is 0 Å². The predicted molar refractivity (Wildman–Crippen MR) is 125 cm³/mol. The Balaban J connectivity index is 1.55. The molecule has 0 unspecified atom stereocenters. The van der Waals surface area contributed by atoms with Gasteiger partial charge in [0.2, 0.25) is 0 Å². The molecule has 2 N–H and O–H groups in total. The maximum Gasteiger partial charge on any atom is 0.333 e. The molecule has 1 heterocycles. The second kappa shape index (κ2) is 8.86. The van der Waals surface area contributed by atoms with E-state index in [4.69, 9.17) is 0 Å². The molecular formula is C23H33N5O3S. The van der Waals surface area contributed by atoms with Crippen LogP contribution in [0.4, 0.5) is 10.5 Å². The van der Waals surface area contributed by atoms with E-state index in [0.29, 0.717) is 6.54 Å². The van der Waals surface area contributed by atoms with E-state index in [1.807, 2.05) is 32.8 Å². The summed E-state index contributed by atoms with van der Waals surface area (Å²) >= 11 is 0. The third kappa shape index (κ3) is 4.54. The van der Waals surface area contributed by atoms with Crippen LogP contribution < -0.4 is 10.0 Å². The van der Waals surface area contributed by atoms with Crippen LogP contribution in [0.2, 0.25) is 0 Å². The van der Waals surface area contributed by atoms with Crippen LogP contribution in [0, 0.1) is 0 Å². The molecule has 2 amide bonds. The SMILES string of the molecule is CC(C)c1cc(S(=O)(=O)NC(=O)Nc2c3c(cc4c2CCC4)CCC3)nn1CCN(C)C. The summed E-state index contributed by atoms with van der Waals surface area (Å²) in [4.78, 5) is 14.8. The van der Waals surface area contributed by atoms with Gasteiger partial charge < -0.3 is 10.2 Å². The minimum Gasteiger partial charge on any atom is -0.308 e. The monoisotopic (exact) mass is 459 g/mol. The molecule has 0 aliphatic heterocycles. The first-order valence-electron chi connectivity index (χ1n) is 11.4. The molecule has 32 heavy (non-hydrogen) atoms. The Kier molecular flexibility index (Phi) is 6.31. The van der Waals surface area contributed by atoms with Gasteiger partial charge in [0.15, 0.2) is 5.03 Å². The number of amides is 2. The largest absolute Gasteiger partial charge is 0.333 e. The average Bonchev–Trinajstić information content (AvgIpc) is 3.44. The van der Waals surface area contributed by atoms with E-state index in [9.17, 15) is 13.2 Å². The van der Waals surface area contributed by atoms with Crippen molar-refractivity contribution in [3.8, 4) is 0 Å². The van der Waals surface area contributed by atoms with Crippen molar-refractivity contribution in [2.45, 2.75) is 69.9 Å². The molecule has 8 nitrogen and oxygen atoms in total. The highest BCUT2D eigenvalue weighted by Gasteiger charge is 2.28. The Hall–Kier alpha value is -2.39. The highest BCUT2D eigenvalue weighted by Crippen LogP contribution is 2.38. The number of anilines is 1. The summed E-state index contributed by atoms with van der Waals surface area (Å²) in [6.07, 6.45) is 5.99. The number of likely N-dealkylation sites (N-methyl/N-ethyl adjacent to an activating group) is 1. The summed E-state index contributed by atoms with van der Waals surface area (Å²) in [5.74, 6) is 0.108. The molecule has 4 rings (SSSR count). The molecule has 0 saturated heterocycles. The fourth-order valence-electron chi connectivity index (χ4n) is 4.76. The molecule has 0 atom stereocenters. The number of carbonyl (C=O) groups is 1. The van der Waals surface area contributed by atoms with Gasteiger partial charge in [0, 0.05) is 24.0 Å². The summed E-state index contributed by atoms with van der Waals surface area (Å²) in [6.45, 7) is 5.30. The van der Waals surface area contributed by atoms with E-state index in [2.05, 4.69) is 21.2 Å². The van der Waals surface area contributed by atoms with E-state index >= 15 is 0 Å². The maximum atomic E-state index is 13.0. The number of nitrogens with zero attached hydrogens (tertiary/aromatic N) is 3. The van der Waals surface area contributed by atoms with E-state index in [1.165, 1.54) is 11.1 Å². The normalized spacial score (nSPS) is 15.3. The summed E-state index contributed by atoms with van der Waals surface area (Å²) < 4.78 is 29.8. The number of hydrogen-bond acceptors (Lipinski definition) is 5. The fraction of sp³-hybridized carbons (Fsp3) is 0.565. The lowest BCUT2D eigenvalue weighted by atomic mass is 9.99. The first-order chi connectivity index (χ1) is 15.2. The standard InChI is InChI=1S/C23H33N5O3S/c1-15(2)20-14-21(25-28(20)12-11-27(3)4)32(30,31)26-23(29)24-22-18-9-5-7-16(18)13-17-8-6-10-19(17)22/h13-15H,5-12H2,1-4H3,(H2,24,26,29). The zero-order valence-electron chi connectivity index (χ0n) is 19.4. The second-order valence-corrected chi connectivity index (χ2v) is 11.0. The quantitative estimate of drug-likeness (QED) is 0.663. The van der Waals surface area contributed by atoms with Gasteiger partial charge in [-0.05, 0) is 80.8 Å². The summed E-state index contributed by atoms with van der Waals surface area (Å²) in [5, 5.41) is 7.07. The lowest BCUT2D eigenvalue weighted by Crippen LogP contribution is -2.35. The van der Waals surface area contributed by atoms with E-state index in [0.717, 1.165) is 67.6 Å². The van der Waals surface area contributed by atoms with Crippen molar-refractivity contribution in [2.75, 3.05) is 26.0 Å². The molecule has 0 spiro atoms. The summed E-state index contributed by atoms with van der Waals surface area (Å²) in [7, 11) is -0.174. The van der Waals surface area contributed by atoms with Gasteiger partial charge in [0.1, 0.15) is 0 Å². The van der Waals surface area contributed by atoms with Gasteiger partial charge in [0.25, 0.3) is 10.0 Å². The van der Waals surface area contributed by atoms with Crippen molar-refractivity contribution >= 4 is 21.7 Å². The molecule has 0 bridgehead atoms. The van der Waals surface area contributed by atoms with Gasteiger partial charge >= 0.3 is 6.03 Å². The topological polar surface area (TPSA) is 96.3 Å². The van der Waals surface area contributed by atoms with Gasteiger partial charge in [0.05, 0.1) is 6.54 Å². The third-order valence-electron chi connectivity index (χ3n) is 6.35. The van der Waals surface area contributed by atoms with E-state index in [-0.39, 0.29) is 10.9 Å². The second-order valence-electron chi connectivity index (χ2n) is 9.38. The Morgan fingerprint density at radius 3 is 2.28 bits per heavy atom. The minimum atomic E-state index is -4.09. The molecule has 1 aromatic carbocycles. The summed E-state index contributed by atoms with van der Waals surface area (Å²) in [6, 6.07) is 3.11. The lowest BCUT2D eigenvalue weighted by molar-refractivity contribution is 0.256. The van der Waals surface area contributed by atoms with Crippen LogP contribution in [0.1, 0.15) is 60.6 Å². The molecule has 2 aromatic rings. The number of rotatable bonds is 7. The molecule has 2 aliphatic carbocycles. The zero-order chi connectivity index (χ0) is 23.0. The Morgan fingerprint density at radius 1 is 1.09 bits per heavy atom. The van der Waals surface area contributed by atoms with Crippen molar-refractivity contribution in [1.82, 2.24) is 19.4 Å². The van der Waals surface area contributed by atoms with Gasteiger partial charge in [-0.1, -0.05) is 19.9 Å². The third-order valence-corrected chi connectivity index (χ3v) is 7.56. The average molecular weight is 460 g/mol. The molecule has 9 heteroatoms. The molecular weight excluding hydrogens is 426 g/mol. The highest BCUT2D eigenvalue weighted by atomic mass is 32.2. The predicted octanol–water partition coefficient (Wildman–Crippen LogP) is 3.06. The molecule has 1 aromatic heterocycles. The van der Waals surface area contributed by atoms with Crippen LogP contribution in [-0.4, -0.2) is 49.8 Å². The number of fused-ring (bicyclic) bond motifs is 2. The Labute approximate surface area is 190 Å². The van der Waals surface area contributed by atoms with Crippen LogP contribution >= 0.6 is 0 Å². The minimum absolute atomic E-state index is 0.108. The maximum absolute atomic E-state index is 13.0. The van der Waals surface area contributed by atoms with Crippen molar-refractivity contribution in [2.24, 2.45) is 0 Å². The molecule has 0 saturated carbocycles. The molecule has 2 aliphatic rings. The van der Waals surface area contributed by atoms with Crippen molar-refractivity contribution in [3.63, 3.8) is 0 Å². The van der Waals surface area contributed by atoms with Gasteiger partial charge in [-0.3, -0.25) is 4.68 Å². The van der Waals surface area contributed by atoms with Gasteiger partial charge in [-0.2, -0.15) is 13.5 Å². The number of benzene rings is 1.